The van der Waals surface area contributed by atoms with Gasteiger partial charge in [0, 0.05) is 19.6 Å². The van der Waals surface area contributed by atoms with E-state index < -0.39 is 12.2 Å². The lowest BCUT2D eigenvalue weighted by molar-refractivity contribution is -0.136. The van der Waals surface area contributed by atoms with Gasteiger partial charge in [-0.3, -0.25) is 4.79 Å². The van der Waals surface area contributed by atoms with E-state index >= 15 is 0 Å². The number of halogens is 2. The molecular weight excluding hydrogens is 398 g/mol. The Labute approximate surface area is 183 Å². The van der Waals surface area contributed by atoms with Crippen LogP contribution in [0.5, 0.6) is 5.75 Å². The van der Waals surface area contributed by atoms with Crippen molar-refractivity contribution in [3.05, 3.63) is 65.5 Å². The first-order valence-corrected chi connectivity index (χ1v) is 10.9. The maximum absolute atomic E-state index is 14.9. The zero-order valence-electron chi connectivity index (χ0n) is 18.6. The summed E-state index contributed by atoms with van der Waals surface area (Å²) in [5, 5.41) is 0. The number of likely N-dealkylation sites (tertiary alicyclic amines) is 1. The third-order valence-electron chi connectivity index (χ3n) is 5.56. The Kier molecular flexibility index (Phi) is 8.02. The number of alkyl halides is 1. The average molecular weight is 431 g/mol. The lowest BCUT2D eigenvalue weighted by atomic mass is 9.99. The monoisotopic (exact) mass is 430 g/mol. The van der Waals surface area contributed by atoms with E-state index in [0.717, 1.165) is 23.4 Å². The molecule has 1 aliphatic heterocycles. The zero-order chi connectivity index (χ0) is 22.4. The van der Waals surface area contributed by atoms with Crippen molar-refractivity contribution in [1.82, 2.24) is 9.80 Å². The Morgan fingerprint density at radius 3 is 2.39 bits per heavy atom. The van der Waals surface area contributed by atoms with Crippen molar-refractivity contribution in [3.63, 3.8) is 0 Å². The molecule has 0 aliphatic carbocycles. The minimum Gasteiger partial charge on any atom is -0.493 e. The molecule has 0 N–H and O–H groups in total. The molecular formula is C25H32F2N2O2. The lowest BCUT2D eigenvalue weighted by Crippen LogP contribution is -2.53. The second-order valence-corrected chi connectivity index (χ2v) is 8.81. The largest absolute Gasteiger partial charge is 0.493 e. The van der Waals surface area contributed by atoms with Gasteiger partial charge in [0.2, 0.25) is 5.91 Å². The summed E-state index contributed by atoms with van der Waals surface area (Å²) in [4.78, 5) is 16.8. The van der Waals surface area contributed by atoms with E-state index in [2.05, 4.69) is 13.8 Å². The Morgan fingerprint density at radius 2 is 1.77 bits per heavy atom. The minimum atomic E-state index is -1.12. The lowest BCUT2D eigenvalue weighted by Gasteiger charge is -2.39. The molecule has 168 valence electrons. The van der Waals surface area contributed by atoms with Gasteiger partial charge in [-0.05, 0) is 54.8 Å². The van der Waals surface area contributed by atoms with Crippen LogP contribution in [0.25, 0.3) is 0 Å². The Bertz CT molecular complexity index is 840. The van der Waals surface area contributed by atoms with Crippen molar-refractivity contribution < 1.29 is 18.3 Å². The molecule has 1 aliphatic rings. The van der Waals surface area contributed by atoms with E-state index in [1.807, 2.05) is 36.2 Å². The first-order chi connectivity index (χ1) is 14.8. The highest BCUT2D eigenvalue weighted by Gasteiger charge is 2.34. The number of hydrogen-bond donors (Lipinski definition) is 0. The molecule has 31 heavy (non-hydrogen) atoms. The summed E-state index contributed by atoms with van der Waals surface area (Å²) in [6.45, 7) is 6.12. The number of benzene rings is 2. The van der Waals surface area contributed by atoms with Gasteiger partial charge in [-0.25, -0.2) is 8.78 Å². The van der Waals surface area contributed by atoms with Crippen molar-refractivity contribution >= 4 is 5.91 Å². The quantitative estimate of drug-likeness (QED) is 0.619. The SMILES string of the molecule is CC(C)COc1ccc(CC(=O)N(Cc2ccc(F)cc2)[C@@H]2CCN(C)C[C@@H]2F)cc1. The van der Waals surface area contributed by atoms with Crippen molar-refractivity contribution in [2.24, 2.45) is 5.92 Å². The fourth-order valence-electron chi connectivity index (χ4n) is 3.81. The molecule has 0 saturated carbocycles. The second-order valence-electron chi connectivity index (χ2n) is 8.81. The van der Waals surface area contributed by atoms with Crippen LogP contribution in [0, 0.1) is 11.7 Å². The number of piperidine rings is 1. The third-order valence-corrected chi connectivity index (χ3v) is 5.56. The van der Waals surface area contributed by atoms with Crippen LogP contribution in [0.15, 0.2) is 48.5 Å². The number of rotatable bonds is 8. The molecule has 2 aromatic carbocycles. The van der Waals surface area contributed by atoms with Crippen LogP contribution in [0.4, 0.5) is 8.78 Å². The van der Waals surface area contributed by atoms with Crippen LogP contribution in [-0.2, 0) is 17.8 Å². The first-order valence-electron chi connectivity index (χ1n) is 10.9. The molecule has 2 atom stereocenters. The van der Waals surface area contributed by atoms with Gasteiger partial charge in [0.15, 0.2) is 0 Å². The van der Waals surface area contributed by atoms with Crippen LogP contribution >= 0.6 is 0 Å². The van der Waals surface area contributed by atoms with Crippen LogP contribution in [0.2, 0.25) is 0 Å². The van der Waals surface area contributed by atoms with Gasteiger partial charge < -0.3 is 14.5 Å². The maximum Gasteiger partial charge on any atom is 0.227 e. The highest BCUT2D eigenvalue weighted by atomic mass is 19.1. The molecule has 0 bridgehead atoms. The second kappa shape index (κ2) is 10.7. The Balaban J connectivity index is 1.73. The summed E-state index contributed by atoms with van der Waals surface area (Å²) in [7, 11) is 1.89. The molecule has 1 heterocycles. The number of carbonyl (C=O) groups excluding carboxylic acids is 1. The third kappa shape index (κ3) is 6.76. The predicted octanol–water partition coefficient (Wildman–Crippen LogP) is 4.47. The summed E-state index contributed by atoms with van der Waals surface area (Å²) in [5.74, 6) is 0.748. The molecule has 1 fully saturated rings. The number of hydrogen-bond acceptors (Lipinski definition) is 3. The molecule has 0 unspecified atom stereocenters. The molecule has 0 spiro atoms. The summed E-state index contributed by atoms with van der Waals surface area (Å²) in [6, 6.07) is 13.0. The van der Waals surface area contributed by atoms with Crippen LogP contribution in [-0.4, -0.2) is 54.7 Å². The number of ether oxygens (including phenoxy) is 1. The van der Waals surface area contributed by atoms with Crippen LogP contribution in [0.3, 0.4) is 0 Å². The molecule has 1 saturated heterocycles. The van der Waals surface area contributed by atoms with E-state index in [1.165, 1.54) is 12.1 Å². The van der Waals surface area contributed by atoms with Crippen molar-refractivity contribution in [3.8, 4) is 5.75 Å². The van der Waals surface area contributed by atoms with E-state index in [-0.39, 0.29) is 24.7 Å². The summed E-state index contributed by atoms with van der Waals surface area (Å²) in [5.41, 5.74) is 1.65. The van der Waals surface area contributed by atoms with Crippen LogP contribution in [0.1, 0.15) is 31.4 Å². The summed E-state index contributed by atoms with van der Waals surface area (Å²) in [6.07, 6.45) is -0.355. The Morgan fingerprint density at radius 1 is 1.13 bits per heavy atom. The van der Waals surface area contributed by atoms with Crippen molar-refractivity contribution in [2.75, 3.05) is 26.7 Å². The number of carbonyl (C=O) groups is 1. The highest BCUT2D eigenvalue weighted by Crippen LogP contribution is 2.23. The molecule has 4 nitrogen and oxygen atoms in total. The number of nitrogens with zero attached hydrogens (tertiary/aromatic N) is 2. The first kappa shape index (κ1) is 23.2. The van der Waals surface area contributed by atoms with E-state index in [1.54, 1.807) is 17.0 Å². The van der Waals surface area contributed by atoms with E-state index in [4.69, 9.17) is 4.74 Å². The molecule has 0 radical (unpaired) electrons. The topological polar surface area (TPSA) is 32.8 Å². The molecule has 1 amide bonds. The molecule has 6 heteroatoms. The normalized spacial score (nSPS) is 19.4. The summed E-state index contributed by atoms with van der Waals surface area (Å²) < 4.78 is 33.9. The standard InChI is InChI=1S/C25H32F2N2O2/c1-18(2)17-31-22-10-6-19(7-11-22)14-25(30)29(15-20-4-8-21(26)9-5-20)24-12-13-28(3)16-23(24)27/h4-11,18,23-24H,12-17H2,1-3H3/t23-,24+/m0/s1. The highest BCUT2D eigenvalue weighted by molar-refractivity contribution is 5.79. The van der Waals surface area contributed by atoms with E-state index in [9.17, 15) is 13.6 Å². The van der Waals surface area contributed by atoms with Gasteiger partial charge in [0.25, 0.3) is 0 Å². The predicted molar refractivity (Wildman–Crippen MR) is 118 cm³/mol. The van der Waals surface area contributed by atoms with E-state index in [0.29, 0.717) is 25.5 Å². The Hall–Kier alpha value is -2.47. The van der Waals surface area contributed by atoms with Crippen molar-refractivity contribution in [2.45, 2.75) is 45.4 Å². The fraction of sp³-hybridized carbons (Fsp3) is 0.480. The van der Waals surface area contributed by atoms with Crippen molar-refractivity contribution in [1.29, 1.82) is 0 Å². The molecule has 0 aromatic heterocycles. The van der Waals surface area contributed by atoms with Gasteiger partial charge in [-0.2, -0.15) is 0 Å². The van der Waals surface area contributed by atoms with Gasteiger partial charge in [-0.1, -0.05) is 38.1 Å². The summed E-state index contributed by atoms with van der Waals surface area (Å²) >= 11 is 0. The van der Waals surface area contributed by atoms with Gasteiger partial charge in [-0.15, -0.1) is 0 Å². The van der Waals surface area contributed by atoms with Gasteiger partial charge in [0.1, 0.15) is 17.7 Å². The fourth-order valence-corrected chi connectivity index (χ4v) is 3.81. The van der Waals surface area contributed by atoms with Gasteiger partial charge >= 0.3 is 0 Å². The van der Waals surface area contributed by atoms with Gasteiger partial charge in [0.05, 0.1) is 19.1 Å². The average Bonchev–Trinajstić information content (AvgIpc) is 2.73. The van der Waals surface area contributed by atoms with Crippen LogP contribution < -0.4 is 4.74 Å². The zero-order valence-corrected chi connectivity index (χ0v) is 18.6. The number of amides is 1. The molecule has 2 aromatic rings. The maximum atomic E-state index is 14.9. The molecule has 3 rings (SSSR count). The smallest absolute Gasteiger partial charge is 0.227 e. The minimum absolute atomic E-state index is 0.127.